The summed E-state index contributed by atoms with van der Waals surface area (Å²) in [6.45, 7) is 1.62. The second-order valence-corrected chi connectivity index (χ2v) is 1.57. The highest BCUT2D eigenvalue weighted by molar-refractivity contribution is 5.47. The van der Waals surface area contributed by atoms with Crippen LogP contribution in [0.1, 0.15) is 0 Å². The van der Waals surface area contributed by atoms with Crippen LogP contribution in [0.15, 0.2) is 28.0 Å². The number of aromatic nitrogens is 1. The Bertz CT molecular complexity index is 149. The molecule has 0 aromatic carbocycles. The van der Waals surface area contributed by atoms with Crippen LogP contribution in [-0.4, -0.2) is 24.7 Å². The predicted molar refractivity (Wildman–Crippen MR) is 35.8 cm³/mol. The van der Waals surface area contributed by atoms with Gasteiger partial charge in [0.05, 0.1) is 12.7 Å². The smallest absolute Gasteiger partial charge is 0.169 e. The van der Waals surface area contributed by atoms with E-state index in [1.165, 1.54) is 12.7 Å². The average Bonchev–Trinajstić information content (AvgIpc) is 2.67. The zero-order valence-corrected chi connectivity index (χ0v) is 5.43. The lowest BCUT2D eigenvalue weighted by molar-refractivity contribution is 0.361. The summed E-state index contributed by atoms with van der Waals surface area (Å²) in [6, 6.07) is 1.72. The first-order valence-electron chi connectivity index (χ1n) is 2.94. The summed E-state index contributed by atoms with van der Waals surface area (Å²) in [5, 5.41) is 3.35. The molecule has 0 fully saturated rings. The SMILES string of the molecule is C1=NCCO1.c1cnoc1. The van der Waals surface area contributed by atoms with E-state index in [0.717, 1.165) is 13.2 Å². The van der Waals surface area contributed by atoms with Crippen molar-refractivity contribution in [1.29, 1.82) is 0 Å². The monoisotopic (exact) mass is 140 g/mol. The molecule has 0 bridgehead atoms. The summed E-state index contributed by atoms with van der Waals surface area (Å²) in [5.74, 6) is 0. The molecular weight excluding hydrogens is 132 g/mol. The first-order chi connectivity index (χ1) is 5.00. The minimum absolute atomic E-state index is 0.778. The number of hydrogen-bond donors (Lipinski definition) is 0. The van der Waals surface area contributed by atoms with Gasteiger partial charge in [-0.15, -0.1) is 0 Å². The van der Waals surface area contributed by atoms with Crippen LogP contribution in [0.3, 0.4) is 0 Å². The molecule has 2 rings (SSSR count). The fraction of sp³-hybridized carbons (Fsp3) is 0.333. The van der Waals surface area contributed by atoms with Crippen LogP contribution in [0.4, 0.5) is 0 Å². The second kappa shape index (κ2) is 4.55. The molecule has 0 saturated carbocycles. The fourth-order valence-corrected chi connectivity index (χ4v) is 0.439. The van der Waals surface area contributed by atoms with Crippen molar-refractivity contribution in [2.75, 3.05) is 13.2 Å². The summed E-state index contributed by atoms with van der Waals surface area (Å²) in [4.78, 5) is 3.74. The highest BCUT2D eigenvalue weighted by atomic mass is 16.5. The molecule has 0 spiro atoms. The van der Waals surface area contributed by atoms with Gasteiger partial charge in [-0.3, -0.25) is 4.99 Å². The Hall–Kier alpha value is -1.32. The number of hydrogen-bond acceptors (Lipinski definition) is 4. The van der Waals surface area contributed by atoms with E-state index in [2.05, 4.69) is 19.4 Å². The van der Waals surface area contributed by atoms with Gasteiger partial charge in [0, 0.05) is 0 Å². The van der Waals surface area contributed by atoms with Gasteiger partial charge in [0.15, 0.2) is 6.40 Å². The van der Waals surface area contributed by atoms with Gasteiger partial charge in [0.1, 0.15) is 12.9 Å². The van der Waals surface area contributed by atoms with E-state index in [1.807, 2.05) is 0 Å². The van der Waals surface area contributed by atoms with Crippen molar-refractivity contribution in [1.82, 2.24) is 5.16 Å². The topological polar surface area (TPSA) is 47.6 Å². The molecule has 2 heterocycles. The molecular formula is C6H8N2O2. The molecule has 4 nitrogen and oxygen atoms in total. The molecule has 0 amide bonds. The van der Waals surface area contributed by atoms with E-state index in [4.69, 9.17) is 0 Å². The molecule has 54 valence electrons. The number of rotatable bonds is 0. The summed E-state index contributed by atoms with van der Waals surface area (Å²) < 4.78 is 8.99. The van der Waals surface area contributed by atoms with Crippen molar-refractivity contribution in [3.05, 3.63) is 18.5 Å². The van der Waals surface area contributed by atoms with E-state index >= 15 is 0 Å². The van der Waals surface area contributed by atoms with E-state index in [-0.39, 0.29) is 0 Å². The van der Waals surface area contributed by atoms with E-state index in [9.17, 15) is 0 Å². The van der Waals surface area contributed by atoms with Crippen molar-refractivity contribution in [3.8, 4) is 0 Å². The average molecular weight is 140 g/mol. The molecule has 1 aliphatic rings. The van der Waals surface area contributed by atoms with E-state index < -0.39 is 0 Å². The molecule has 10 heavy (non-hydrogen) atoms. The molecule has 1 aliphatic heterocycles. The lowest BCUT2D eigenvalue weighted by Crippen LogP contribution is -1.80. The molecule has 1 aromatic heterocycles. The maximum absolute atomic E-state index is 4.65. The van der Waals surface area contributed by atoms with Crippen LogP contribution >= 0.6 is 0 Å². The highest BCUT2D eigenvalue weighted by Crippen LogP contribution is 1.78. The molecule has 0 atom stereocenters. The normalized spacial score (nSPS) is 13.6. The predicted octanol–water partition coefficient (Wildman–Crippen LogP) is 0.720. The lowest BCUT2D eigenvalue weighted by atomic mass is 10.8. The third-order valence-electron chi connectivity index (χ3n) is 0.835. The maximum Gasteiger partial charge on any atom is 0.169 e. The molecule has 0 saturated heterocycles. The second-order valence-electron chi connectivity index (χ2n) is 1.57. The Morgan fingerprint density at radius 1 is 1.40 bits per heavy atom. The maximum atomic E-state index is 4.65. The Kier molecular flexibility index (Phi) is 3.09. The summed E-state index contributed by atoms with van der Waals surface area (Å²) >= 11 is 0. The Balaban J connectivity index is 0.0000001000. The van der Waals surface area contributed by atoms with Crippen molar-refractivity contribution in [3.63, 3.8) is 0 Å². The van der Waals surface area contributed by atoms with Crippen molar-refractivity contribution in [2.24, 2.45) is 4.99 Å². The zero-order chi connectivity index (χ0) is 7.07. The summed E-state index contributed by atoms with van der Waals surface area (Å²) in [7, 11) is 0. The van der Waals surface area contributed by atoms with Crippen molar-refractivity contribution >= 4 is 6.40 Å². The van der Waals surface area contributed by atoms with Gasteiger partial charge in [0.2, 0.25) is 0 Å². The number of aliphatic imine (C=N–C) groups is 1. The van der Waals surface area contributed by atoms with Gasteiger partial charge in [-0.2, -0.15) is 0 Å². The van der Waals surface area contributed by atoms with Crippen LogP contribution in [0.25, 0.3) is 0 Å². The largest absolute Gasteiger partial charge is 0.482 e. The molecule has 4 heteroatoms. The molecule has 0 unspecified atom stereocenters. The van der Waals surface area contributed by atoms with Crippen LogP contribution < -0.4 is 0 Å². The summed E-state index contributed by atoms with van der Waals surface area (Å²) in [5.41, 5.74) is 0. The Morgan fingerprint density at radius 2 is 2.40 bits per heavy atom. The van der Waals surface area contributed by atoms with Gasteiger partial charge >= 0.3 is 0 Å². The fourth-order valence-electron chi connectivity index (χ4n) is 0.439. The first-order valence-corrected chi connectivity index (χ1v) is 2.94. The highest BCUT2D eigenvalue weighted by Gasteiger charge is 1.84. The Morgan fingerprint density at radius 3 is 2.60 bits per heavy atom. The molecule has 0 aliphatic carbocycles. The Labute approximate surface area is 58.5 Å². The lowest BCUT2D eigenvalue weighted by Gasteiger charge is -1.76. The van der Waals surface area contributed by atoms with Crippen LogP contribution in [0, 0.1) is 0 Å². The third kappa shape index (κ3) is 2.86. The van der Waals surface area contributed by atoms with Gasteiger partial charge in [-0.25, -0.2) is 0 Å². The zero-order valence-electron chi connectivity index (χ0n) is 5.43. The third-order valence-corrected chi connectivity index (χ3v) is 0.835. The van der Waals surface area contributed by atoms with E-state index in [1.54, 1.807) is 12.3 Å². The molecule has 0 N–H and O–H groups in total. The minimum atomic E-state index is 0.778. The first kappa shape index (κ1) is 6.80. The van der Waals surface area contributed by atoms with E-state index in [0.29, 0.717) is 0 Å². The summed E-state index contributed by atoms with van der Waals surface area (Å²) in [6.07, 6.45) is 4.58. The van der Waals surface area contributed by atoms with Crippen molar-refractivity contribution in [2.45, 2.75) is 0 Å². The standard InChI is InChI=1S/C3H5NO.C3H3NO/c1-2-5-3-4-1;1-2-4-5-3-1/h3H,1-2H2;1-3H. The van der Waals surface area contributed by atoms with Crippen LogP contribution in [0.2, 0.25) is 0 Å². The minimum Gasteiger partial charge on any atom is -0.482 e. The quantitative estimate of drug-likeness (QED) is 0.533. The van der Waals surface area contributed by atoms with Crippen LogP contribution in [-0.2, 0) is 4.74 Å². The molecule has 1 aromatic rings. The van der Waals surface area contributed by atoms with Crippen molar-refractivity contribution < 1.29 is 9.26 Å². The van der Waals surface area contributed by atoms with Gasteiger partial charge in [-0.1, -0.05) is 5.16 Å². The van der Waals surface area contributed by atoms with Gasteiger partial charge < -0.3 is 9.26 Å². The number of nitrogens with zero attached hydrogens (tertiary/aromatic N) is 2. The molecule has 0 radical (unpaired) electrons. The van der Waals surface area contributed by atoms with Gasteiger partial charge in [0.25, 0.3) is 0 Å². The number of ether oxygens (including phenoxy) is 1. The van der Waals surface area contributed by atoms with Gasteiger partial charge in [-0.05, 0) is 6.07 Å². The van der Waals surface area contributed by atoms with Crippen LogP contribution in [0.5, 0.6) is 0 Å².